The Kier molecular flexibility index (Phi) is 5.45. The van der Waals surface area contributed by atoms with Crippen molar-refractivity contribution in [2.45, 2.75) is 19.5 Å². The Hall–Kier alpha value is -2.71. The van der Waals surface area contributed by atoms with E-state index in [9.17, 15) is 9.18 Å². The summed E-state index contributed by atoms with van der Waals surface area (Å²) in [6.45, 7) is 2.21. The molecule has 2 aromatic carbocycles. The van der Waals surface area contributed by atoms with Gasteiger partial charge in [-0.15, -0.1) is 0 Å². The zero-order valence-electron chi connectivity index (χ0n) is 13.1. The fraction of sp³-hybridized carbons (Fsp3) is 0.222. The monoisotopic (exact) mass is 312 g/mol. The van der Waals surface area contributed by atoms with Gasteiger partial charge in [0, 0.05) is 11.3 Å². The molecule has 0 saturated heterocycles. The molecule has 0 fully saturated rings. The zero-order valence-corrected chi connectivity index (χ0v) is 13.1. The SMILES string of the molecule is C[C@H](C(=O)Nc1cccc(C#N)c1)[NH+](C)Cc1ccccc1F. The van der Waals surface area contributed by atoms with Crippen LogP contribution in [0.2, 0.25) is 0 Å². The van der Waals surface area contributed by atoms with E-state index >= 15 is 0 Å². The summed E-state index contributed by atoms with van der Waals surface area (Å²) >= 11 is 0. The molecular weight excluding hydrogens is 293 g/mol. The number of nitrogens with zero attached hydrogens (tertiary/aromatic N) is 1. The van der Waals surface area contributed by atoms with Crippen LogP contribution in [0.1, 0.15) is 18.1 Å². The summed E-state index contributed by atoms with van der Waals surface area (Å²) < 4.78 is 13.7. The van der Waals surface area contributed by atoms with E-state index in [1.54, 1.807) is 49.4 Å². The normalized spacial score (nSPS) is 13.0. The number of anilines is 1. The quantitative estimate of drug-likeness (QED) is 0.883. The second kappa shape index (κ2) is 7.52. The van der Waals surface area contributed by atoms with Crippen molar-refractivity contribution >= 4 is 11.6 Å². The van der Waals surface area contributed by atoms with E-state index in [1.165, 1.54) is 6.07 Å². The van der Waals surface area contributed by atoms with Gasteiger partial charge in [-0.05, 0) is 31.2 Å². The lowest BCUT2D eigenvalue weighted by molar-refractivity contribution is -0.908. The number of hydrogen-bond donors (Lipinski definition) is 2. The predicted molar refractivity (Wildman–Crippen MR) is 86.2 cm³/mol. The van der Waals surface area contributed by atoms with Gasteiger partial charge in [0.1, 0.15) is 12.4 Å². The number of quaternary nitrogens is 1. The van der Waals surface area contributed by atoms with Crippen LogP contribution in [0.5, 0.6) is 0 Å². The van der Waals surface area contributed by atoms with E-state index in [0.717, 1.165) is 4.90 Å². The molecule has 2 atom stereocenters. The lowest BCUT2D eigenvalue weighted by atomic mass is 10.1. The Morgan fingerprint density at radius 2 is 2.04 bits per heavy atom. The first-order valence-electron chi connectivity index (χ1n) is 7.38. The highest BCUT2D eigenvalue weighted by Gasteiger charge is 2.23. The van der Waals surface area contributed by atoms with Gasteiger partial charge in [0.05, 0.1) is 18.7 Å². The molecule has 0 heterocycles. The fourth-order valence-corrected chi connectivity index (χ4v) is 2.24. The lowest BCUT2D eigenvalue weighted by Crippen LogP contribution is -3.12. The number of benzene rings is 2. The second-order valence-electron chi connectivity index (χ2n) is 5.52. The van der Waals surface area contributed by atoms with Gasteiger partial charge >= 0.3 is 0 Å². The number of likely N-dealkylation sites (N-methyl/N-ethyl adjacent to an activating group) is 1. The van der Waals surface area contributed by atoms with Gasteiger partial charge in [0.2, 0.25) is 0 Å². The van der Waals surface area contributed by atoms with Crippen LogP contribution in [0.15, 0.2) is 48.5 Å². The number of nitriles is 1. The molecule has 5 heteroatoms. The van der Waals surface area contributed by atoms with Gasteiger partial charge in [-0.25, -0.2) is 4.39 Å². The molecule has 2 aromatic rings. The number of halogens is 1. The van der Waals surface area contributed by atoms with E-state index < -0.39 is 0 Å². The van der Waals surface area contributed by atoms with E-state index in [2.05, 4.69) is 5.32 Å². The highest BCUT2D eigenvalue weighted by atomic mass is 19.1. The minimum Gasteiger partial charge on any atom is -0.324 e. The van der Waals surface area contributed by atoms with Crippen LogP contribution >= 0.6 is 0 Å². The Labute approximate surface area is 135 Å². The molecule has 0 bridgehead atoms. The number of hydrogen-bond acceptors (Lipinski definition) is 2. The molecule has 0 radical (unpaired) electrons. The lowest BCUT2D eigenvalue weighted by Gasteiger charge is -2.21. The van der Waals surface area contributed by atoms with Crippen molar-refractivity contribution in [2.75, 3.05) is 12.4 Å². The predicted octanol–water partition coefficient (Wildman–Crippen LogP) is 1.74. The number of carbonyl (C=O) groups is 1. The molecule has 0 aliphatic carbocycles. The fourth-order valence-electron chi connectivity index (χ4n) is 2.24. The summed E-state index contributed by atoms with van der Waals surface area (Å²) in [6.07, 6.45) is 0. The first-order chi connectivity index (χ1) is 11.0. The molecule has 2 rings (SSSR count). The van der Waals surface area contributed by atoms with Crippen LogP contribution in [-0.4, -0.2) is 19.0 Å². The van der Waals surface area contributed by atoms with Crippen molar-refractivity contribution in [3.63, 3.8) is 0 Å². The largest absolute Gasteiger partial charge is 0.324 e. The van der Waals surface area contributed by atoms with E-state index in [0.29, 0.717) is 23.4 Å². The van der Waals surface area contributed by atoms with Crippen molar-refractivity contribution < 1.29 is 14.1 Å². The number of nitrogens with one attached hydrogen (secondary N) is 2. The average molecular weight is 312 g/mol. The molecule has 4 nitrogen and oxygen atoms in total. The first kappa shape index (κ1) is 16.7. The van der Waals surface area contributed by atoms with Crippen molar-refractivity contribution in [1.29, 1.82) is 5.26 Å². The summed E-state index contributed by atoms with van der Waals surface area (Å²) in [5, 5.41) is 11.7. The van der Waals surface area contributed by atoms with E-state index in [4.69, 9.17) is 5.26 Å². The van der Waals surface area contributed by atoms with Crippen molar-refractivity contribution in [3.05, 3.63) is 65.5 Å². The zero-order chi connectivity index (χ0) is 16.8. The van der Waals surface area contributed by atoms with E-state index in [-0.39, 0.29) is 17.8 Å². The third-order valence-corrected chi connectivity index (χ3v) is 3.82. The summed E-state index contributed by atoms with van der Waals surface area (Å²) in [4.78, 5) is 13.2. The van der Waals surface area contributed by atoms with Gasteiger partial charge in [-0.3, -0.25) is 4.79 Å². The highest BCUT2D eigenvalue weighted by molar-refractivity contribution is 5.93. The summed E-state index contributed by atoms with van der Waals surface area (Å²) in [6, 6.07) is 15.0. The molecule has 118 valence electrons. The molecule has 1 unspecified atom stereocenters. The number of amides is 1. The van der Waals surface area contributed by atoms with Gasteiger partial charge in [0.15, 0.2) is 6.04 Å². The molecule has 0 saturated carbocycles. The summed E-state index contributed by atoms with van der Waals surface area (Å²) in [5.41, 5.74) is 1.65. The van der Waals surface area contributed by atoms with Crippen molar-refractivity contribution in [3.8, 4) is 6.07 Å². The van der Waals surface area contributed by atoms with Crippen LogP contribution in [0.4, 0.5) is 10.1 Å². The van der Waals surface area contributed by atoms with Gasteiger partial charge in [-0.2, -0.15) is 5.26 Å². The maximum absolute atomic E-state index is 13.7. The molecule has 0 aromatic heterocycles. The minimum atomic E-state index is -0.361. The maximum Gasteiger partial charge on any atom is 0.282 e. The van der Waals surface area contributed by atoms with Gasteiger partial charge in [0.25, 0.3) is 5.91 Å². The van der Waals surface area contributed by atoms with Crippen molar-refractivity contribution in [1.82, 2.24) is 0 Å². The number of rotatable bonds is 5. The molecule has 0 aliphatic rings. The van der Waals surface area contributed by atoms with Crippen LogP contribution < -0.4 is 10.2 Å². The molecule has 23 heavy (non-hydrogen) atoms. The van der Waals surface area contributed by atoms with Crippen LogP contribution in [0.3, 0.4) is 0 Å². The molecule has 0 aliphatic heterocycles. The van der Waals surface area contributed by atoms with Gasteiger partial charge in [-0.1, -0.05) is 24.3 Å². The summed E-state index contributed by atoms with van der Waals surface area (Å²) in [5.74, 6) is -0.435. The van der Waals surface area contributed by atoms with E-state index in [1.807, 2.05) is 13.1 Å². The minimum absolute atomic E-state index is 0.172. The molecule has 0 spiro atoms. The summed E-state index contributed by atoms with van der Waals surface area (Å²) in [7, 11) is 1.85. The van der Waals surface area contributed by atoms with Crippen molar-refractivity contribution in [2.24, 2.45) is 0 Å². The standard InChI is InChI=1S/C18H18FN3O/c1-13(22(2)12-15-7-3-4-9-17(15)19)18(23)21-16-8-5-6-14(10-16)11-20/h3-10,13H,12H2,1-2H3,(H,21,23)/p+1/t13-/m1/s1. The Balaban J connectivity index is 2.01. The smallest absolute Gasteiger partial charge is 0.282 e. The van der Waals surface area contributed by atoms with Crippen LogP contribution in [0, 0.1) is 17.1 Å². The van der Waals surface area contributed by atoms with Crippen LogP contribution in [0.25, 0.3) is 0 Å². The Morgan fingerprint density at radius 1 is 1.30 bits per heavy atom. The Morgan fingerprint density at radius 3 is 2.74 bits per heavy atom. The average Bonchev–Trinajstić information content (AvgIpc) is 2.56. The second-order valence-corrected chi connectivity index (χ2v) is 5.52. The number of carbonyl (C=O) groups excluding carboxylic acids is 1. The Bertz CT molecular complexity index is 739. The van der Waals surface area contributed by atoms with Gasteiger partial charge < -0.3 is 10.2 Å². The molecule has 1 amide bonds. The van der Waals surface area contributed by atoms with Crippen LogP contribution in [-0.2, 0) is 11.3 Å². The third kappa shape index (κ3) is 4.38. The first-order valence-corrected chi connectivity index (χ1v) is 7.38. The molecular formula is C18H19FN3O+. The highest BCUT2D eigenvalue weighted by Crippen LogP contribution is 2.10. The maximum atomic E-state index is 13.7. The third-order valence-electron chi connectivity index (χ3n) is 3.82. The molecule has 2 N–H and O–H groups in total. The topological polar surface area (TPSA) is 57.3 Å².